The minimum atomic E-state index is -0.534. The van der Waals surface area contributed by atoms with Crippen LogP contribution in [0.3, 0.4) is 0 Å². The standard InChI is InChI=1S/C21H26ClNO2/c1-6-20(25-17-9-10-19(22)15(4)12-17)21(24)23-16(5)18-11-13(2)7-8-14(18)3/h7-12,16,20H,6H2,1-5H3,(H,23,24)/t16-,20+/m0/s1. The van der Waals surface area contributed by atoms with E-state index < -0.39 is 6.10 Å². The highest BCUT2D eigenvalue weighted by Crippen LogP contribution is 2.23. The highest BCUT2D eigenvalue weighted by molar-refractivity contribution is 6.31. The zero-order valence-electron chi connectivity index (χ0n) is 15.5. The van der Waals surface area contributed by atoms with E-state index >= 15 is 0 Å². The van der Waals surface area contributed by atoms with Gasteiger partial charge in [0.15, 0.2) is 6.10 Å². The van der Waals surface area contributed by atoms with Crippen LogP contribution in [0.25, 0.3) is 0 Å². The maximum atomic E-state index is 12.6. The van der Waals surface area contributed by atoms with Gasteiger partial charge < -0.3 is 10.1 Å². The highest BCUT2D eigenvalue weighted by atomic mass is 35.5. The molecule has 0 aliphatic carbocycles. The molecule has 0 aromatic heterocycles. The quantitative estimate of drug-likeness (QED) is 0.760. The Labute approximate surface area is 155 Å². The Morgan fingerprint density at radius 3 is 2.48 bits per heavy atom. The number of carbonyl (C=O) groups excluding carboxylic acids is 1. The molecule has 0 fully saturated rings. The van der Waals surface area contributed by atoms with Gasteiger partial charge in [-0.2, -0.15) is 0 Å². The van der Waals surface area contributed by atoms with Crippen LogP contribution in [-0.2, 0) is 4.79 Å². The molecule has 1 N–H and O–H groups in total. The fraction of sp³-hybridized carbons (Fsp3) is 0.381. The fourth-order valence-electron chi connectivity index (χ4n) is 2.79. The molecular weight excluding hydrogens is 334 g/mol. The molecule has 2 aromatic rings. The normalized spacial score (nSPS) is 13.2. The molecule has 0 aliphatic rings. The lowest BCUT2D eigenvalue weighted by Gasteiger charge is -2.22. The molecule has 2 aromatic carbocycles. The molecule has 0 radical (unpaired) electrons. The van der Waals surface area contributed by atoms with Gasteiger partial charge in [-0.25, -0.2) is 0 Å². The number of hydrogen-bond donors (Lipinski definition) is 1. The Morgan fingerprint density at radius 1 is 1.12 bits per heavy atom. The maximum absolute atomic E-state index is 12.6. The van der Waals surface area contributed by atoms with Crippen LogP contribution < -0.4 is 10.1 Å². The summed E-state index contributed by atoms with van der Waals surface area (Å²) in [6, 6.07) is 11.6. The third-order valence-electron chi connectivity index (χ3n) is 4.33. The molecule has 2 rings (SSSR count). The summed E-state index contributed by atoms with van der Waals surface area (Å²) in [4.78, 5) is 12.6. The van der Waals surface area contributed by atoms with Gasteiger partial charge in [0.1, 0.15) is 5.75 Å². The smallest absolute Gasteiger partial charge is 0.261 e. The molecule has 3 nitrogen and oxygen atoms in total. The van der Waals surface area contributed by atoms with Gasteiger partial charge in [-0.3, -0.25) is 4.79 Å². The van der Waals surface area contributed by atoms with E-state index in [0.29, 0.717) is 17.2 Å². The average molecular weight is 360 g/mol. The van der Waals surface area contributed by atoms with Crippen molar-refractivity contribution in [3.05, 3.63) is 63.7 Å². The third-order valence-corrected chi connectivity index (χ3v) is 4.76. The molecule has 0 spiro atoms. The van der Waals surface area contributed by atoms with Crippen molar-refractivity contribution in [2.24, 2.45) is 0 Å². The van der Waals surface area contributed by atoms with Gasteiger partial charge in [-0.15, -0.1) is 0 Å². The lowest BCUT2D eigenvalue weighted by atomic mass is 10.00. The van der Waals surface area contributed by atoms with E-state index in [1.807, 2.05) is 26.8 Å². The Kier molecular flexibility index (Phi) is 6.49. The molecule has 25 heavy (non-hydrogen) atoms. The van der Waals surface area contributed by atoms with Crippen molar-refractivity contribution < 1.29 is 9.53 Å². The predicted octanol–water partition coefficient (Wildman–Crippen LogP) is 5.30. The van der Waals surface area contributed by atoms with Crippen LogP contribution >= 0.6 is 11.6 Å². The number of nitrogens with one attached hydrogen (secondary N) is 1. The first-order chi connectivity index (χ1) is 11.8. The molecule has 2 atom stereocenters. The Bertz CT molecular complexity index is 758. The number of benzene rings is 2. The Morgan fingerprint density at radius 2 is 1.84 bits per heavy atom. The summed E-state index contributed by atoms with van der Waals surface area (Å²) < 4.78 is 5.88. The number of hydrogen-bond acceptors (Lipinski definition) is 2. The average Bonchev–Trinajstić information content (AvgIpc) is 2.57. The largest absolute Gasteiger partial charge is 0.481 e. The summed E-state index contributed by atoms with van der Waals surface area (Å²) in [5, 5.41) is 3.76. The molecule has 0 heterocycles. The number of rotatable bonds is 6. The summed E-state index contributed by atoms with van der Waals surface area (Å²) in [5.74, 6) is 0.548. The molecular formula is C21H26ClNO2. The summed E-state index contributed by atoms with van der Waals surface area (Å²) in [6.07, 6.45) is 0.0562. The van der Waals surface area contributed by atoms with E-state index in [1.165, 1.54) is 11.1 Å². The van der Waals surface area contributed by atoms with Crippen LogP contribution in [-0.4, -0.2) is 12.0 Å². The Balaban J connectivity index is 2.08. The van der Waals surface area contributed by atoms with Crippen molar-refractivity contribution >= 4 is 17.5 Å². The van der Waals surface area contributed by atoms with Crippen molar-refractivity contribution in [3.63, 3.8) is 0 Å². The van der Waals surface area contributed by atoms with Crippen LogP contribution in [0.1, 0.15) is 48.6 Å². The summed E-state index contributed by atoms with van der Waals surface area (Å²) >= 11 is 6.04. The van der Waals surface area contributed by atoms with Crippen molar-refractivity contribution in [3.8, 4) is 5.75 Å². The zero-order valence-corrected chi connectivity index (χ0v) is 16.3. The zero-order chi connectivity index (χ0) is 18.6. The number of amides is 1. The van der Waals surface area contributed by atoms with Crippen LogP contribution in [0, 0.1) is 20.8 Å². The summed E-state index contributed by atoms with van der Waals surface area (Å²) in [7, 11) is 0. The molecule has 0 aliphatic heterocycles. The van der Waals surface area contributed by atoms with Crippen molar-refractivity contribution in [1.29, 1.82) is 0 Å². The van der Waals surface area contributed by atoms with Crippen molar-refractivity contribution in [1.82, 2.24) is 5.32 Å². The number of ether oxygens (including phenoxy) is 1. The molecule has 0 saturated carbocycles. The van der Waals surface area contributed by atoms with Gasteiger partial charge >= 0.3 is 0 Å². The topological polar surface area (TPSA) is 38.3 Å². The Hall–Kier alpha value is -2.00. The monoisotopic (exact) mass is 359 g/mol. The predicted molar refractivity (Wildman–Crippen MR) is 103 cm³/mol. The van der Waals surface area contributed by atoms with Crippen LogP contribution in [0.2, 0.25) is 5.02 Å². The lowest BCUT2D eigenvalue weighted by molar-refractivity contribution is -0.128. The number of aryl methyl sites for hydroxylation is 3. The van der Waals surface area contributed by atoms with Crippen LogP contribution in [0.5, 0.6) is 5.75 Å². The van der Waals surface area contributed by atoms with Gasteiger partial charge in [0.05, 0.1) is 6.04 Å². The minimum absolute atomic E-state index is 0.0722. The highest BCUT2D eigenvalue weighted by Gasteiger charge is 2.21. The van der Waals surface area contributed by atoms with E-state index in [0.717, 1.165) is 11.1 Å². The van der Waals surface area contributed by atoms with Gasteiger partial charge in [-0.05, 0) is 69.0 Å². The van der Waals surface area contributed by atoms with Crippen LogP contribution in [0.15, 0.2) is 36.4 Å². The first-order valence-electron chi connectivity index (χ1n) is 8.62. The molecule has 0 bridgehead atoms. The molecule has 0 unspecified atom stereocenters. The molecule has 134 valence electrons. The van der Waals surface area contributed by atoms with Crippen LogP contribution in [0.4, 0.5) is 0 Å². The first kappa shape index (κ1) is 19.3. The summed E-state index contributed by atoms with van der Waals surface area (Å²) in [5.41, 5.74) is 4.41. The molecule has 0 saturated heterocycles. The van der Waals surface area contributed by atoms with Crippen molar-refractivity contribution in [2.45, 2.75) is 53.2 Å². The SMILES string of the molecule is CC[C@@H](Oc1ccc(Cl)c(C)c1)C(=O)N[C@@H](C)c1cc(C)ccc1C. The minimum Gasteiger partial charge on any atom is -0.481 e. The first-order valence-corrected chi connectivity index (χ1v) is 9.00. The van der Waals surface area contributed by atoms with E-state index in [1.54, 1.807) is 12.1 Å². The van der Waals surface area contributed by atoms with E-state index in [2.05, 4.69) is 37.4 Å². The third kappa shape index (κ3) is 4.99. The van der Waals surface area contributed by atoms with E-state index in [4.69, 9.17) is 16.3 Å². The maximum Gasteiger partial charge on any atom is 0.261 e. The van der Waals surface area contributed by atoms with E-state index in [-0.39, 0.29) is 11.9 Å². The fourth-order valence-corrected chi connectivity index (χ4v) is 2.91. The summed E-state index contributed by atoms with van der Waals surface area (Å²) in [6.45, 7) is 9.97. The second-order valence-electron chi connectivity index (χ2n) is 6.52. The van der Waals surface area contributed by atoms with Gasteiger partial charge in [0.25, 0.3) is 5.91 Å². The number of carbonyl (C=O) groups is 1. The lowest BCUT2D eigenvalue weighted by Crippen LogP contribution is -2.39. The van der Waals surface area contributed by atoms with Crippen molar-refractivity contribution in [2.75, 3.05) is 0 Å². The molecule has 4 heteroatoms. The van der Waals surface area contributed by atoms with E-state index in [9.17, 15) is 4.79 Å². The second kappa shape index (κ2) is 8.39. The van der Waals surface area contributed by atoms with Gasteiger partial charge in [0.2, 0.25) is 0 Å². The second-order valence-corrected chi connectivity index (χ2v) is 6.92. The van der Waals surface area contributed by atoms with Gasteiger partial charge in [-0.1, -0.05) is 42.3 Å². The molecule has 1 amide bonds. The van der Waals surface area contributed by atoms with Gasteiger partial charge in [0, 0.05) is 5.02 Å². The number of halogens is 1.